The minimum absolute atomic E-state index is 0.0347. The van der Waals surface area contributed by atoms with E-state index >= 15 is 0 Å². The molecule has 126 heavy (non-hydrogen) atoms. The second-order valence-electron chi connectivity index (χ2n) is 27.8. The number of nitrogens with zero attached hydrogens (tertiary/aromatic N) is 15. The Balaban J connectivity index is 0.000000172. The molecule has 0 bridgehead atoms. The smallest absolute Gasteiger partial charge is 0.434 e. The van der Waals surface area contributed by atoms with Gasteiger partial charge in [0.2, 0.25) is 23.6 Å². The van der Waals surface area contributed by atoms with E-state index in [2.05, 4.69) is 124 Å². The predicted octanol–water partition coefficient (Wildman–Crippen LogP) is 15.8. The van der Waals surface area contributed by atoms with Gasteiger partial charge in [-0.1, -0.05) is 63.7 Å². The number of cyclic esters (lactones) is 1. The van der Waals surface area contributed by atoms with Gasteiger partial charge in [0, 0.05) is 32.3 Å². The lowest BCUT2D eigenvalue weighted by Crippen LogP contribution is -2.28. The fraction of sp³-hybridized carbons (Fsp3) is 0.309. The molecule has 6 N–H and O–H groups in total. The summed E-state index contributed by atoms with van der Waals surface area (Å²) in [6.45, 7) is 13.5. The molecule has 15 rings (SSSR count). The third-order valence-electron chi connectivity index (χ3n) is 18.8. The third kappa shape index (κ3) is 26.4. The van der Waals surface area contributed by atoms with Crippen LogP contribution in [0.3, 0.4) is 0 Å². The number of imidazole rings is 2. The molecule has 7 aromatic heterocycles. The lowest BCUT2D eigenvalue weighted by molar-refractivity contribution is -0.141. The van der Waals surface area contributed by atoms with Crippen molar-refractivity contribution in [3.05, 3.63) is 245 Å². The number of aliphatic hydroxyl groups is 1. The van der Waals surface area contributed by atoms with Crippen LogP contribution in [0.25, 0.3) is 28.4 Å². The molecule has 0 spiro atoms. The monoisotopic (exact) mass is 2040 g/mol. The number of hydrogen-bond donors (Lipinski definition) is 5. The van der Waals surface area contributed by atoms with Gasteiger partial charge in [-0.3, -0.25) is 28.2 Å². The highest BCUT2D eigenvalue weighted by Gasteiger charge is 2.41. The van der Waals surface area contributed by atoms with Crippen LogP contribution in [0, 0.1) is 77.6 Å². The second-order valence-corrected chi connectivity index (χ2v) is 33.9. The molecule has 3 saturated heterocycles. The molecule has 0 saturated carbocycles. The largest absolute Gasteiger partial charge is 0.465 e. The number of amides is 4. The first kappa shape index (κ1) is 98.5. The van der Waals surface area contributed by atoms with Crippen LogP contribution < -0.4 is 26.2 Å². The number of anilines is 5. The number of aliphatic hydroxyl groups excluding tert-OH is 1. The summed E-state index contributed by atoms with van der Waals surface area (Å²) >= 11 is 12.9. The second kappa shape index (κ2) is 43.8. The molecule has 672 valence electrons. The average molecular weight is 2040 g/mol. The summed E-state index contributed by atoms with van der Waals surface area (Å²) in [4.78, 5) is 70.4. The Kier molecular flexibility index (Phi) is 34.2. The van der Waals surface area contributed by atoms with Crippen molar-refractivity contribution in [1.82, 2.24) is 68.4 Å². The Labute approximate surface area is 747 Å². The Hall–Kier alpha value is -11.3. The topological polar surface area (TPSA) is 350 Å². The third-order valence-corrected chi connectivity index (χ3v) is 22.9. The normalized spacial score (nSPS) is 15.4. The molecule has 29 nitrogen and oxygen atoms in total. The van der Waals surface area contributed by atoms with Gasteiger partial charge in [-0.25, -0.2) is 55.3 Å². The number of aromatic nitrogens is 14. The van der Waals surface area contributed by atoms with E-state index in [0.717, 1.165) is 65.6 Å². The van der Waals surface area contributed by atoms with E-state index in [1.807, 2.05) is 13.8 Å². The molecule has 5 unspecified atom stereocenters. The Morgan fingerprint density at radius 3 is 1.25 bits per heavy atom. The zero-order valence-corrected chi connectivity index (χ0v) is 75.2. The Morgan fingerprint density at radius 1 is 0.548 bits per heavy atom. The zero-order chi connectivity index (χ0) is 92.4. The molecule has 0 radical (unpaired) electrons. The van der Waals surface area contributed by atoms with Crippen molar-refractivity contribution in [3.63, 3.8) is 0 Å². The SMILES string of the molecule is Cc1c(N)cnn1-c1ccc(F)cc1.Cc1c(N2CCC(Br)C2=O)cnn1-c1ccc(F)cc1.Cc1c(NC(=O)C(Br)CCO)cnn1-c1ccc(F)cc1.Cc1c(NC(=O)C(Br)CCOS(C)(=O)=O)cnn1-c1ccc(F)cc1.Cc1nc(C(F)(F)F)cn1C1CCN(c2cnn(-c3ccc(F)cc3)c2C)C1=O.Cc1ncc(C(F)(F)F)[nH]1.O=C1OCCC1Br. The van der Waals surface area contributed by atoms with Crippen molar-refractivity contribution >= 4 is 132 Å². The van der Waals surface area contributed by atoms with Crippen molar-refractivity contribution in [1.29, 1.82) is 0 Å². The molecule has 5 atom stereocenters. The molecule has 5 aromatic carbocycles. The van der Waals surface area contributed by atoms with Crippen molar-refractivity contribution < 1.29 is 94.7 Å². The lowest BCUT2D eigenvalue weighted by atomic mass is 10.2. The number of alkyl halides is 10. The molecule has 3 aliphatic rings. The number of aryl methyl sites for hydroxylation is 2. The molecule has 4 amide bonds. The van der Waals surface area contributed by atoms with Gasteiger partial charge in [0.05, 0.1) is 156 Å². The summed E-state index contributed by atoms with van der Waals surface area (Å²) in [7, 11) is -3.53. The van der Waals surface area contributed by atoms with Crippen LogP contribution in [0.1, 0.15) is 89.7 Å². The van der Waals surface area contributed by atoms with Crippen LogP contribution in [-0.2, 0) is 55.4 Å². The minimum atomic E-state index is -4.57. The van der Waals surface area contributed by atoms with E-state index in [0.29, 0.717) is 83.7 Å². The quantitative estimate of drug-likeness (QED) is 0.0230. The van der Waals surface area contributed by atoms with Crippen molar-refractivity contribution in [3.8, 4) is 28.4 Å². The zero-order valence-electron chi connectivity index (χ0n) is 68.0. The average Bonchev–Trinajstić information content (AvgIpc) is 1.62. The lowest BCUT2D eigenvalue weighted by Gasteiger charge is -2.17. The van der Waals surface area contributed by atoms with Crippen LogP contribution in [0.2, 0.25) is 0 Å². The van der Waals surface area contributed by atoms with E-state index in [-0.39, 0.29) is 99.6 Å². The van der Waals surface area contributed by atoms with Crippen LogP contribution in [0.4, 0.5) is 76.7 Å². The minimum Gasteiger partial charge on any atom is -0.465 e. The van der Waals surface area contributed by atoms with E-state index < -0.39 is 49.6 Å². The maximum atomic E-state index is 13.2. The van der Waals surface area contributed by atoms with Gasteiger partial charge in [-0.05, 0) is 195 Å². The van der Waals surface area contributed by atoms with E-state index in [1.165, 1.54) is 103 Å². The maximum absolute atomic E-state index is 13.2. The first-order valence-corrected chi connectivity index (χ1v) is 43.3. The number of rotatable bonds is 18. The molecular weight excluding hydrogens is 1960 g/mol. The number of halogens is 15. The van der Waals surface area contributed by atoms with Crippen molar-refractivity contribution in [2.75, 3.05) is 65.3 Å². The first-order chi connectivity index (χ1) is 59.4. The number of hydrogen-bond acceptors (Lipinski definition) is 18. The molecule has 3 aliphatic heterocycles. The summed E-state index contributed by atoms with van der Waals surface area (Å²) in [6.07, 6.45) is 4.04. The van der Waals surface area contributed by atoms with Crippen LogP contribution in [-0.4, -0.2) is 170 Å². The Bertz CT molecular complexity index is 5830. The summed E-state index contributed by atoms with van der Waals surface area (Å²) in [5.41, 5.74) is 14.3. The highest BCUT2D eigenvalue weighted by atomic mass is 79.9. The number of ether oxygens (including phenoxy) is 1. The molecule has 3 fully saturated rings. The number of H-pyrrole nitrogens is 1. The number of carbonyl (C=O) groups is 5. The summed E-state index contributed by atoms with van der Waals surface area (Å²) < 4.78 is 179. The maximum Gasteiger partial charge on any atom is 0.434 e. The number of esters is 1. The Morgan fingerprint density at radius 2 is 0.937 bits per heavy atom. The molecule has 10 heterocycles. The van der Waals surface area contributed by atoms with Crippen molar-refractivity contribution in [2.24, 2.45) is 0 Å². The standard InChI is InChI=1S/C19H17F4N5O.C15H17BrFN3O4S.C14H15BrFN3O2.C14H13BrFN3O.C10H10FN3.C5H5F3N2.C4H5BrO2/c1-11-16(9-24-28(11)14-5-3-13(20)4-6-14)26-8-7-15(18(26)29)27-10-17(19(21,22)23)25-12(27)2;1-10-14(9-18-20(10)12-5-3-11(17)4-6-12)19-15(21)13(16)7-8-24-25(2,22)23;1-9-13(18-14(21)12(15)6-7-20)8-17-19(9)11-4-2-10(16)3-5-11;1-9-13(18-7-6-12(15)14(18)20)8-17-19(9)11-4-2-10(16)3-5-11;1-7-10(12)6-13-14(7)9-4-2-8(11)3-5-9;1-3-9-2-4(10-3)5(6,7)8;5-3-1-2-7-4(3)6/h3-6,9-10,15H,7-8H2,1-2H3;3-6,9,13H,7-8H2,1-2H3,(H,19,21);2-5,8,12,20H,6-7H2,1H3,(H,18,21);2-5,8,12H,6-7H2,1H3;2-6H,12H2,1H3;2H,1H3,(H,9,10);3H,1-2H2. The number of nitrogen functional groups attached to an aromatic ring is 1. The predicted molar refractivity (Wildman–Crippen MR) is 460 cm³/mol. The van der Waals surface area contributed by atoms with Gasteiger partial charge in [0.25, 0.3) is 10.1 Å². The van der Waals surface area contributed by atoms with E-state index in [1.54, 1.807) is 122 Å². The van der Waals surface area contributed by atoms with Gasteiger partial charge in [0.1, 0.15) is 57.3 Å². The number of nitrogens with one attached hydrogen (secondary N) is 3. The van der Waals surface area contributed by atoms with Gasteiger partial charge in [0.15, 0.2) is 5.69 Å². The molecular formula is C81H82Br4F11N19O10S. The number of aromatic amines is 1. The highest BCUT2D eigenvalue weighted by Crippen LogP contribution is 2.37. The molecule has 45 heteroatoms. The van der Waals surface area contributed by atoms with Crippen LogP contribution >= 0.6 is 63.7 Å². The number of carbonyl (C=O) groups excluding carboxylic acids is 5. The summed E-state index contributed by atoms with van der Waals surface area (Å²) in [5, 5.41) is 35.3. The molecule has 12 aromatic rings. The fourth-order valence-corrected chi connectivity index (χ4v) is 13.9. The molecule has 0 aliphatic carbocycles. The highest BCUT2D eigenvalue weighted by molar-refractivity contribution is 9.10. The van der Waals surface area contributed by atoms with Crippen molar-refractivity contribution in [2.45, 2.75) is 118 Å². The van der Waals surface area contributed by atoms with Gasteiger partial charge in [-0.2, -0.15) is 60.3 Å². The number of nitrogens with two attached hydrogens (primary N) is 1. The first-order valence-electron chi connectivity index (χ1n) is 37.9. The van der Waals surface area contributed by atoms with Crippen LogP contribution in [0.5, 0.6) is 0 Å². The van der Waals surface area contributed by atoms with E-state index in [4.69, 9.17) is 10.8 Å². The summed E-state index contributed by atoms with van der Waals surface area (Å²) in [6, 6.07) is 29.0. The van der Waals surface area contributed by atoms with Crippen LogP contribution in [0.15, 0.2) is 165 Å². The van der Waals surface area contributed by atoms with Gasteiger partial charge >= 0.3 is 18.3 Å². The van der Waals surface area contributed by atoms with E-state index in [9.17, 15) is 80.7 Å². The fourth-order valence-electron chi connectivity index (χ4n) is 12.2. The van der Waals surface area contributed by atoms with Gasteiger partial charge < -0.3 is 45.6 Å². The summed E-state index contributed by atoms with van der Waals surface area (Å²) in [5.74, 6) is -2.14. The van der Waals surface area contributed by atoms with Gasteiger partial charge in [-0.15, -0.1) is 0 Å². The number of benzene rings is 5.